The summed E-state index contributed by atoms with van der Waals surface area (Å²) in [6, 6.07) is 7.18. The minimum atomic E-state index is -0.117. The number of rotatable bonds is 4. The Labute approximate surface area is 122 Å². The Balaban J connectivity index is 1.95. The maximum atomic E-state index is 11.9. The number of nitrogens with one attached hydrogen (secondary N) is 1. The van der Waals surface area contributed by atoms with Crippen LogP contribution in [0.25, 0.3) is 0 Å². The number of hydrogen-bond donors (Lipinski definition) is 1. The first-order chi connectivity index (χ1) is 9.54. The van der Waals surface area contributed by atoms with E-state index in [9.17, 15) is 4.79 Å². The Morgan fingerprint density at radius 3 is 2.35 bits per heavy atom. The van der Waals surface area contributed by atoms with Crippen LogP contribution in [-0.2, 0) is 11.2 Å². The minimum Gasteiger partial charge on any atom is -0.347 e. The number of carbonyl (C=O) groups excluding carboxylic acids is 1. The molecular weight excluding hydrogens is 276 g/mol. The van der Waals surface area contributed by atoms with Gasteiger partial charge in [-0.1, -0.05) is 23.7 Å². The largest absolute Gasteiger partial charge is 0.347 e. The highest BCUT2D eigenvalue weighted by Crippen LogP contribution is 2.11. The Morgan fingerprint density at radius 1 is 1.20 bits per heavy atom. The summed E-state index contributed by atoms with van der Waals surface area (Å²) in [6.07, 6.45) is 3.46. The predicted octanol–water partition coefficient (Wildman–Crippen LogP) is 2.38. The maximum Gasteiger partial charge on any atom is 0.228 e. The summed E-state index contributed by atoms with van der Waals surface area (Å²) in [6.45, 7) is 0. The van der Waals surface area contributed by atoms with E-state index in [0.29, 0.717) is 16.7 Å². The van der Waals surface area contributed by atoms with Gasteiger partial charge in [-0.3, -0.25) is 4.79 Å². The summed E-state index contributed by atoms with van der Waals surface area (Å²) >= 11 is 5.80. The van der Waals surface area contributed by atoms with E-state index in [1.54, 1.807) is 29.4 Å². The molecule has 0 aliphatic rings. The molecule has 0 atom stereocenters. The summed E-state index contributed by atoms with van der Waals surface area (Å²) in [5.41, 5.74) is 1.48. The number of benzene rings is 1. The highest BCUT2D eigenvalue weighted by atomic mass is 35.5. The molecule has 1 amide bonds. The van der Waals surface area contributed by atoms with Gasteiger partial charge in [-0.05, 0) is 17.7 Å². The fourth-order valence-electron chi connectivity index (χ4n) is 1.61. The number of hydrogen-bond acceptors (Lipinski definition) is 4. The molecule has 6 heteroatoms. The van der Waals surface area contributed by atoms with E-state index < -0.39 is 0 Å². The maximum absolute atomic E-state index is 11.9. The molecule has 0 saturated carbocycles. The molecule has 1 aromatic heterocycles. The van der Waals surface area contributed by atoms with Gasteiger partial charge in [-0.2, -0.15) is 0 Å². The molecule has 0 spiro atoms. The van der Waals surface area contributed by atoms with Crippen molar-refractivity contribution >= 4 is 29.1 Å². The zero-order valence-electron chi connectivity index (χ0n) is 11.3. The monoisotopic (exact) mass is 290 g/mol. The number of carbonyl (C=O) groups is 1. The smallest absolute Gasteiger partial charge is 0.228 e. The van der Waals surface area contributed by atoms with E-state index in [1.807, 2.05) is 26.2 Å². The van der Waals surface area contributed by atoms with E-state index in [0.717, 1.165) is 5.56 Å². The molecule has 0 radical (unpaired) electrons. The molecule has 1 aromatic carbocycles. The van der Waals surface area contributed by atoms with E-state index >= 15 is 0 Å². The fourth-order valence-corrected chi connectivity index (χ4v) is 1.74. The molecule has 0 aliphatic heterocycles. The highest BCUT2D eigenvalue weighted by Gasteiger charge is 2.05. The normalized spacial score (nSPS) is 10.2. The van der Waals surface area contributed by atoms with Crippen LogP contribution in [0.1, 0.15) is 5.56 Å². The van der Waals surface area contributed by atoms with Gasteiger partial charge in [0, 0.05) is 19.1 Å². The van der Waals surface area contributed by atoms with Crippen molar-refractivity contribution < 1.29 is 4.79 Å². The second-order valence-electron chi connectivity index (χ2n) is 4.52. The number of aromatic nitrogens is 2. The molecule has 5 nitrogen and oxygen atoms in total. The van der Waals surface area contributed by atoms with E-state index in [4.69, 9.17) is 11.6 Å². The third-order valence-corrected chi connectivity index (χ3v) is 2.85. The molecule has 104 valence electrons. The first kappa shape index (κ1) is 14.3. The number of halogens is 1. The molecule has 0 fully saturated rings. The van der Waals surface area contributed by atoms with Crippen molar-refractivity contribution in [3.63, 3.8) is 0 Å². The van der Waals surface area contributed by atoms with Crippen LogP contribution < -0.4 is 10.2 Å². The highest BCUT2D eigenvalue weighted by molar-refractivity contribution is 6.30. The average molecular weight is 291 g/mol. The molecule has 20 heavy (non-hydrogen) atoms. The first-order valence-corrected chi connectivity index (χ1v) is 6.46. The SMILES string of the molecule is CN(C)c1ncc(NC(=O)Cc2ccc(Cl)cc2)cn1. The first-order valence-electron chi connectivity index (χ1n) is 6.08. The van der Waals surface area contributed by atoms with Crippen molar-refractivity contribution in [2.75, 3.05) is 24.3 Å². The quantitative estimate of drug-likeness (QED) is 0.939. The van der Waals surface area contributed by atoms with Gasteiger partial charge in [-0.25, -0.2) is 9.97 Å². The van der Waals surface area contributed by atoms with Crippen LogP contribution in [0.15, 0.2) is 36.7 Å². The zero-order chi connectivity index (χ0) is 14.5. The average Bonchev–Trinajstić information content (AvgIpc) is 2.42. The van der Waals surface area contributed by atoms with Crippen LogP contribution in [0.3, 0.4) is 0 Å². The molecular formula is C14H15ClN4O. The lowest BCUT2D eigenvalue weighted by Gasteiger charge is -2.10. The third-order valence-electron chi connectivity index (χ3n) is 2.60. The molecule has 1 N–H and O–H groups in total. The standard InChI is InChI=1S/C14H15ClN4O/c1-19(2)14-16-8-12(9-17-14)18-13(20)7-10-3-5-11(15)6-4-10/h3-6,8-9H,7H2,1-2H3,(H,18,20). The van der Waals surface area contributed by atoms with Gasteiger partial charge >= 0.3 is 0 Å². The van der Waals surface area contributed by atoms with Crippen molar-refractivity contribution in [1.82, 2.24) is 9.97 Å². The Hall–Kier alpha value is -2.14. The van der Waals surface area contributed by atoms with Crippen molar-refractivity contribution in [2.24, 2.45) is 0 Å². The van der Waals surface area contributed by atoms with E-state index in [1.165, 1.54) is 0 Å². The third kappa shape index (κ3) is 3.93. The second kappa shape index (κ2) is 6.34. The lowest BCUT2D eigenvalue weighted by molar-refractivity contribution is -0.115. The molecule has 2 rings (SSSR count). The van der Waals surface area contributed by atoms with Crippen LogP contribution in [0.2, 0.25) is 5.02 Å². The van der Waals surface area contributed by atoms with Gasteiger partial charge in [-0.15, -0.1) is 0 Å². The minimum absolute atomic E-state index is 0.117. The lowest BCUT2D eigenvalue weighted by atomic mass is 10.1. The van der Waals surface area contributed by atoms with Gasteiger partial charge in [0.1, 0.15) is 0 Å². The molecule has 0 unspecified atom stereocenters. The summed E-state index contributed by atoms with van der Waals surface area (Å²) in [5, 5.41) is 3.41. The Kier molecular flexibility index (Phi) is 4.53. The van der Waals surface area contributed by atoms with Gasteiger partial charge in [0.25, 0.3) is 0 Å². The van der Waals surface area contributed by atoms with Gasteiger partial charge in [0.15, 0.2) is 0 Å². The van der Waals surface area contributed by atoms with E-state index in [-0.39, 0.29) is 12.3 Å². The zero-order valence-corrected chi connectivity index (χ0v) is 12.1. The number of anilines is 2. The number of nitrogens with zero attached hydrogens (tertiary/aromatic N) is 3. The van der Waals surface area contributed by atoms with Crippen LogP contribution in [0, 0.1) is 0 Å². The van der Waals surface area contributed by atoms with E-state index in [2.05, 4.69) is 15.3 Å². The van der Waals surface area contributed by atoms with Crippen molar-refractivity contribution in [3.05, 3.63) is 47.2 Å². The molecule has 0 aliphatic carbocycles. The van der Waals surface area contributed by atoms with Gasteiger partial charge in [0.05, 0.1) is 24.5 Å². The van der Waals surface area contributed by atoms with Crippen molar-refractivity contribution in [2.45, 2.75) is 6.42 Å². The topological polar surface area (TPSA) is 58.1 Å². The Morgan fingerprint density at radius 2 is 1.80 bits per heavy atom. The molecule has 2 aromatic rings. The molecule has 1 heterocycles. The predicted molar refractivity (Wildman–Crippen MR) is 80.1 cm³/mol. The van der Waals surface area contributed by atoms with Gasteiger partial charge < -0.3 is 10.2 Å². The summed E-state index contributed by atoms with van der Waals surface area (Å²) < 4.78 is 0. The molecule has 0 bridgehead atoms. The van der Waals surface area contributed by atoms with Crippen LogP contribution in [0.4, 0.5) is 11.6 Å². The summed E-state index contributed by atoms with van der Waals surface area (Å²) in [5.74, 6) is 0.481. The number of amides is 1. The Bertz CT molecular complexity index is 581. The van der Waals surface area contributed by atoms with Crippen molar-refractivity contribution in [3.8, 4) is 0 Å². The molecule has 0 saturated heterocycles. The fraction of sp³-hybridized carbons (Fsp3) is 0.214. The summed E-state index contributed by atoms with van der Waals surface area (Å²) in [4.78, 5) is 21.9. The van der Waals surface area contributed by atoms with Crippen LogP contribution >= 0.6 is 11.6 Å². The lowest BCUT2D eigenvalue weighted by Crippen LogP contribution is -2.16. The van der Waals surface area contributed by atoms with Crippen LogP contribution in [0.5, 0.6) is 0 Å². The van der Waals surface area contributed by atoms with Gasteiger partial charge in [0.2, 0.25) is 11.9 Å². The van der Waals surface area contributed by atoms with Crippen LogP contribution in [-0.4, -0.2) is 30.0 Å². The summed E-state index contributed by atoms with van der Waals surface area (Å²) in [7, 11) is 3.71. The van der Waals surface area contributed by atoms with Crippen molar-refractivity contribution in [1.29, 1.82) is 0 Å². The second-order valence-corrected chi connectivity index (χ2v) is 4.95.